The van der Waals surface area contributed by atoms with Crippen LogP contribution in [0.2, 0.25) is 0 Å². The lowest BCUT2D eigenvalue weighted by Crippen LogP contribution is -2.06. The van der Waals surface area contributed by atoms with E-state index in [4.69, 9.17) is 9.47 Å². The summed E-state index contributed by atoms with van der Waals surface area (Å²) in [6.07, 6.45) is 0. The summed E-state index contributed by atoms with van der Waals surface area (Å²) in [5.74, 6) is 1.72. The summed E-state index contributed by atoms with van der Waals surface area (Å²) in [5, 5.41) is 12.4. The van der Waals surface area contributed by atoms with Crippen molar-refractivity contribution >= 4 is 17.5 Å². The van der Waals surface area contributed by atoms with Crippen molar-refractivity contribution in [2.45, 2.75) is 24.9 Å². The number of ether oxygens (including phenoxy) is 2. The van der Waals surface area contributed by atoms with Crippen LogP contribution in [0, 0.1) is 0 Å². The molecule has 0 aliphatic heterocycles. The molecular formula is C20H22N4O3S. The Bertz CT molecular complexity index is 954. The molecule has 28 heavy (non-hydrogen) atoms. The summed E-state index contributed by atoms with van der Waals surface area (Å²) in [4.78, 5) is 12.6. The third kappa shape index (κ3) is 4.33. The smallest absolute Gasteiger partial charge is 0.214 e. The van der Waals surface area contributed by atoms with Crippen molar-refractivity contribution in [1.82, 2.24) is 20.2 Å². The third-order valence-electron chi connectivity index (χ3n) is 4.28. The van der Waals surface area contributed by atoms with Crippen LogP contribution in [0.1, 0.15) is 35.7 Å². The summed E-state index contributed by atoms with van der Waals surface area (Å²) in [7, 11) is 3.10. The Kier molecular flexibility index (Phi) is 6.30. The zero-order chi connectivity index (χ0) is 20.1. The molecule has 7 nitrogen and oxygen atoms in total. The monoisotopic (exact) mass is 398 g/mol. The van der Waals surface area contributed by atoms with Crippen LogP contribution in [0.15, 0.2) is 47.6 Å². The molecule has 0 amide bonds. The van der Waals surface area contributed by atoms with E-state index in [1.165, 1.54) is 17.3 Å². The number of carbonyl (C=O) groups is 1. The number of hydrogen-bond donors (Lipinski definition) is 0. The van der Waals surface area contributed by atoms with E-state index in [1.54, 1.807) is 37.1 Å². The van der Waals surface area contributed by atoms with Gasteiger partial charge >= 0.3 is 0 Å². The van der Waals surface area contributed by atoms with E-state index in [-0.39, 0.29) is 11.5 Å². The first-order valence-corrected chi connectivity index (χ1v) is 9.78. The number of nitrogens with zero attached hydrogens (tertiary/aromatic N) is 4. The Labute approximate surface area is 168 Å². The maximum Gasteiger partial charge on any atom is 0.214 e. The molecule has 0 spiro atoms. The van der Waals surface area contributed by atoms with Gasteiger partial charge in [-0.3, -0.25) is 4.79 Å². The first-order valence-electron chi connectivity index (χ1n) is 8.80. The number of benzene rings is 2. The van der Waals surface area contributed by atoms with E-state index in [2.05, 4.69) is 41.5 Å². The molecule has 0 unspecified atom stereocenters. The predicted molar refractivity (Wildman–Crippen MR) is 108 cm³/mol. The van der Waals surface area contributed by atoms with Crippen molar-refractivity contribution in [3.8, 4) is 17.2 Å². The Hall–Kier alpha value is -2.87. The molecule has 2 aromatic carbocycles. The van der Waals surface area contributed by atoms with Crippen LogP contribution in [0.5, 0.6) is 11.5 Å². The molecule has 8 heteroatoms. The lowest BCUT2D eigenvalue weighted by atomic mass is 10.0. The van der Waals surface area contributed by atoms with Crippen molar-refractivity contribution in [3.63, 3.8) is 0 Å². The van der Waals surface area contributed by atoms with Gasteiger partial charge in [-0.2, -0.15) is 4.68 Å². The van der Waals surface area contributed by atoms with Gasteiger partial charge in [0.2, 0.25) is 5.16 Å². The molecule has 3 aromatic rings. The topological polar surface area (TPSA) is 79.1 Å². The first-order chi connectivity index (χ1) is 13.5. The van der Waals surface area contributed by atoms with E-state index in [9.17, 15) is 4.79 Å². The molecule has 3 rings (SSSR count). The minimum absolute atomic E-state index is 0.0457. The normalized spacial score (nSPS) is 10.9. The quantitative estimate of drug-likeness (QED) is 0.422. The Morgan fingerprint density at radius 1 is 1.07 bits per heavy atom. The summed E-state index contributed by atoms with van der Waals surface area (Å²) in [6, 6.07) is 13.2. The second-order valence-electron chi connectivity index (χ2n) is 6.40. The predicted octanol–water partition coefficient (Wildman–Crippen LogP) is 3.78. The number of aromatic nitrogens is 4. The number of methoxy groups -OCH3 is 2. The third-order valence-corrected chi connectivity index (χ3v) is 5.20. The first kappa shape index (κ1) is 19.9. The van der Waals surface area contributed by atoms with Gasteiger partial charge < -0.3 is 9.47 Å². The van der Waals surface area contributed by atoms with Crippen LogP contribution in [0.25, 0.3) is 5.69 Å². The molecule has 146 valence electrons. The molecule has 0 bridgehead atoms. The molecular weight excluding hydrogens is 376 g/mol. The Balaban J connectivity index is 1.72. The molecule has 0 aliphatic rings. The number of thioether (sulfide) groups is 1. The average Bonchev–Trinajstić information content (AvgIpc) is 3.20. The molecule has 0 saturated heterocycles. The lowest BCUT2D eigenvalue weighted by Gasteiger charge is -2.09. The van der Waals surface area contributed by atoms with E-state index in [0.717, 1.165) is 5.69 Å². The van der Waals surface area contributed by atoms with Crippen LogP contribution >= 0.6 is 11.8 Å². The highest BCUT2D eigenvalue weighted by atomic mass is 32.2. The zero-order valence-electron chi connectivity index (χ0n) is 16.2. The molecule has 0 atom stereocenters. The second-order valence-corrected chi connectivity index (χ2v) is 7.34. The second kappa shape index (κ2) is 8.88. The van der Waals surface area contributed by atoms with Crippen LogP contribution in [-0.4, -0.2) is 46.0 Å². The summed E-state index contributed by atoms with van der Waals surface area (Å²) in [6.45, 7) is 4.29. The lowest BCUT2D eigenvalue weighted by molar-refractivity contribution is 0.102. The van der Waals surface area contributed by atoms with E-state index in [1.807, 2.05) is 12.1 Å². The van der Waals surface area contributed by atoms with Gasteiger partial charge in [0.25, 0.3) is 0 Å². The standard InChI is InChI=1S/C20H22N4O3S/c1-13(2)14-5-8-16(9-6-14)24-20(21-22-23-24)28-12-17(25)15-7-10-18(26-3)19(11-15)27-4/h5-11,13H,12H2,1-4H3. The average molecular weight is 398 g/mol. The fraction of sp³-hybridized carbons (Fsp3) is 0.300. The highest BCUT2D eigenvalue weighted by Gasteiger charge is 2.15. The van der Waals surface area contributed by atoms with E-state index in [0.29, 0.717) is 28.1 Å². The Morgan fingerprint density at radius 2 is 1.79 bits per heavy atom. The highest BCUT2D eigenvalue weighted by Crippen LogP contribution is 2.28. The van der Waals surface area contributed by atoms with Crippen molar-refractivity contribution in [2.24, 2.45) is 0 Å². The Morgan fingerprint density at radius 3 is 2.43 bits per heavy atom. The number of rotatable bonds is 8. The number of Topliss-reactive ketones (excluding diaryl/α,β-unsaturated/α-hetero) is 1. The van der Waals surface area contributed by atoms with Crippen LogP contribution in [-0.2, 0) is 0 Å². The van der Waals surface area contributed by atoms with Crippen molar-refractivity contribution in [2.75, 3.05) is 20.0 Å². The minimum atomic E-state index is -0.0457. The van der Waals surface area contributed by atoms with Gasteiger partial charge in [-0.1, -0.05) is 37.7 Å². The van der Waals surface area contributed by atoms with Gasteiger partial charge in [0.1, 0.15) is 0 Å². The highest BCUT2D eigenvalue weighted by molar-refractivity contribution is 7.99. The van der Waals surface area contributed by atoms with Gasteiger partial charge in [0.15, 0.2) is 17.3 Å². The largest absolute Gasteiger partial charge is 0.493 e. The molecule has 0 N–H and O–H groups in total. The number of hydrogen-bond acceptors (Lipinski definition) is 7. The maximum atomic E-state index is 12.6. The number of carbonyl (C=O) groups excluding carboxylic acids is 1. The fourth-order valence-electron chi connectivity index (χ4n) is 2.65. The molecule has 1 heterocycles. The van der Waals surface area contributed by atoms with Crippen LogP contribution < -0.4 is 9.47 Å². The molecule has 0 radical (unpaired) electrons. The van der Waals surface area contributed by atoms with Crippen molar-refractivity contribution in [3.05, 3.63) is 53.6 Å². The SMILES string of the molecule is COc1ccc(C(=O)CSc2nnnn2-c2ccc(C(C)C)cc2)cc1OC. The van der Waals surface area contributed by atoms with Crippen LogP contribution in [0.4, 0.5) is 0 Å². The van der Waals surface area contributed by atoms with Gasteiger partial charge in [-0.05, 0) is 52.2 Å². The van der Waals surface area contributed by atoms with Gasteiger partial charge in [-0.25, -0.2) is 0 Å². The molecule has 0 aliphatic carbocycles. The summed E-state index contributed by atoms with van der Waals surface area (Å²) < 4.78 is 12.1. The summed E-state index contributed by atoms with van der Waals surface area (Å²) >= 11 is 1.29. The summed E-state index contributed by atoms with van der Waals surface area (Å²) in [5.41, 5.74) is 2.65. The number of ketones is 1. The van der Waals surface area contributed by atoms with Crippen molar-refractivity contribution < 1.29 is 14.3 Å². The fourth-order valence-corrected chi connectivity index (χ4v) is 3.44. The van der Waals surface area contributed by atoms with Crippen molar-refractivity contribution in [1.29, 1.82) is 0 Å². The van der Waals surface area contributed by atoms with E-state index >= 15 is 0 Å². The van der Waals surface area contributed by atoms with Gasteiger partial charge in [-0.15, -0.1) is 5.10 Å². The minimum Gasteiger partial charge on any atom is -0.493 e. The zero-order valence-corrected chi connectivity index (χ0v) is 17.1. The van der Waals surface area contributed by atoms with Gasteiger partial charge in [0, 0.05) is 5.56 Å². The van der Waals surface area contributed by atoms with E-state index < -0.39 is 0 Å². The molecule has 1 aromatic heterocycles. The maximum absolute atomic E-state index is 12.6. The van der Waals surface area contributed by atoms with Gasteiger partial charge in [0.05, 0.1) is 25.7 Å². The van der Waals surface area contributed by atoms with Crippen LogP contribution in [0.3, 0.4) is 0 Å². The molecule has 0 fully saturated rings. The molecule has 0 saturated carbocycles. The number of tetrazole rings is 1.